The van der Waals surface area contributed by atoms with Gasteiger partial charge in [-0.3, -0.25) is 9.71 Å². The van der Waals surface area contributed by atoms with E-state index in [9.17, 15) is 21.6 Å². The fourth-order valence-electron chi connectivity index (χ4n) is 5.15. The number of nitrogens with zero attached hydrogens (tertiary/aromatic N) is 2. The van der Waals surface area contributed by atoms with E-state index in [-0.39, 0.29) is 16.5 Å². The van der Waals surface area contributed by atoms with Crippen LogP contribution in [0.4, 0.5) is 18.9 Å². The second-order valence-electron chi connectivity index (χ2n) is 10.9. The number of alkyl halides is 3. The van der Waals surface area contributed by atoms with Crippen molar-refractivity contribution in [1.82, 2.24) is 9.88 Å². The Morgan fingerprint density at radius 3 is 2.51 bits per heavy atom. The topological polar surface area (TPSA) is 90.0 Å². The lowest BCUT2D eigenvalue weighted by Gasteiger charge is -2.30. The highest BCUT2D eigenvalue weighted by atomic mass is 35.5. The van der Waals surface area contributed by atoms with Crippen molar-refractivity contribution in [3.8, 4) is 23.0 Å². The molecule has 0 spiro atoms. The Hall–Kier alpha value is -3.74. The van der Waals surface area contributed by atoms with Gasteiger partial charge in [0.15, 0.2) is 11.5 Å². The predicted molar refractivity (Wildman–Crippen MR) is 167 cm³/mol. The fourth-order valence-corrected chi connectivity index (χ4v) is 6.67. The highest BCUT2D eigenvalue weighted by Gasteiger charge is 2.37. The van der Waals surface area contributed by atoms with Gasteiger partial charge >= 0.3 is 6.18 Å². The van der Waals surface area contributed by atoms with Gasteiger partial charge in [-0.25, -0.2) is 8.42 Å². The number of piperidine rings is 1. The molecular weight excluding hydrogens is 631 g/mol. The Balaban J connectivity index is 1.33. The lowest BCUT2D eigenvalue weighted by atomic mass is 9.99. The summed E-state index contributed by atoms with van der Waals surface area (Å²) in [5.41, 5.74) is -0.873. The van der Waals surface area contributed by atoms with Gasteiger partial charge in [-0.15, -0.1) is 0 Å². The SMILES string of the molecule is COc1cc2c(Oc3ccc(Cl)c(NS(=O)(=O)c4ccccc4C(F)(F)F)c3)ccnc2cc1OCCCN1CCC(C)CC1. The summed E-state index contributed by atoms with van der Waals surface area (Å²) in [6, 6.07) is 13.2. The molecule has 1 N–H and O–H groups in total. The summed E-state index contributed by atoms with van der Waals surface area (Å²) in [7, 11) is -3.12. The molecule has 0 atom stereocenters. The second kappa shape index (κ2) is 13.7. The molecule has 3 aromatic carbocycles. The van der Waals surface area contributed by atoms with Gasteiger partial charge in [0.05, 0.1) is 40.4 Å². The number of likely N-dealkylation sites (tertiary alicyclic amines) is 1. The molecule has 0 aliphatic carbocycles. The minimum atomic E-state index is -4.87. The Morgan fingerprint density at radius 1 is 1.02 bits per heavy atom. The first kappa shape index (κ1) is 32.6. The van der Waals surface area contributed by atoms with Crippen LogP contribution in [0.5, 0.6) is 23.0 Å². The van der Waals surface area contributed by atoms with Crippen molar-refractivity contribution in [2.45, 2.75) is 37.3 Å². The maximum atomic E-state index is 13.5. The third-order valence-electron chi connectivity index (χ3n) is 7.63. The van der Waals surface area contributed by atoms with Crippen LogP contribution in [0.1, 0.15) is 31.7 Å². The molecule has 0 unspecified atom stereocenters. The van der Waals surface area contributed by atoms with Crippen molar-refractivity contribution in [3.63, 3.8) is 0 Å². The van der Waals surface area contributed by atoms with Gasteiger partial charge in [-0.2, -0.15) is 13.2 Å². The number of anilines is 1. The number of hydrogen-bond acceptors (Lipinski definition) is 7. The van der Waals surface area contributed by atoms with E-state index in [0.29, 0.717) is 40.8 Å². The van der Waals surface area contributed by atoms with E-state index in [1.54, 1.807) is 24.4 Å². The van der Waals surface area contributed by atoms with E-state index in [1.165, 1.54) is 44.2 Å². The summed E-state index contributed by atoms with van der Waals surface area (Å²) in [5, 5.41) is 0.564. The van der Waals surface area contributed by atoms with Gasteiger partial charge in [-0.05, 0) is 74.7 Å². The van der Waals surface area contributed by atoms with Crippen molar-refractivity contribution in [3.05, 3.63) is 77.4 Å². The highest BCUT2D eigenvalue weighted by molar-refractivity contribution is 7.92. The number of nitrogens with one attached hydrogen (secondary N) is 1. The number of hydrogen-bond donors (Lipinski definition) is 1. The zero-order valence-electron chi connectivity index (χ0n) is 24.7. The maximum absolute atomic E-state index is 13.5. The molecule has 1 aliphatic rings. The molecule has 45 heavy (non-hydrogen) atoms. The van der Waals surface area contributed by atoms with E-state index in [2.05, 4.69) is 21.5 Å². The van der Waals surface area contributed by atoms with Crippen molar-refractivity contribution in [2.24, 2.45) is 5.92 Å². The number of rotatable bonds is 11. The molecule has 4 aromatic rings. The molecule has 0 amide bonds. The van der Waals surface area contributed by atoms with Gasteiger partial charge < -0.3 is 19.1 Å². The van der Waals surface area contributed by atoms with Crippen LogP contribution in [0, 0.1) is 5.92 Å². The molecule has 1 saturated heterocycles. The molecule has 0 bridgehead atoms. The van der Waals surface area contributed by atoms with Crippen molar-refractivity contribution in [2.75, 3.05) is 38.1 Å². The maximum Gasteiger partial charge on any atom is 0.417 e. The summed E-state index contributed by atoms with van der Waals surface area (Å²) in [6.07, 6.45) is -0.00629. The van der Waals surface area contributed by atoms with Crippen molar-refractivity contribution < 1.29 is 35.8 Å². The number of sulfonamides is 1. The van der Waals surface area contributed by atoms with Crippen LogP contribution in [0.2, 0.25) is 5.02 Å². The number of methoxy groups -OCH3 is 1. The van der Waals surface area contributed by atoms with Gasteiger partial charge in [0, 0.05) is 30.3 Å². The third kappa shape index (κ3) is 7.92. The molecule has 0 saturated carbocycles. The molecule has 2 heterocycles. The Bertz CT molecular complexity index is 1760. The van der Waals surface area contributed by atoms with Gasteiger partial charge in [0.2, 0.25) is 0 Å². The summed E-state index contributed by atoms with van der Waals surface area (Å²) >= 11 is 6.23. The lowest BCUT2D eigenvalue weighted by molar-refractivity contribution is -0.139. The minimum Gasteiger partial charge on any atom is -0.493 e. The summed E-state index contributed by atoms with van der Waals surface area (Å²) in [4.78, 5) is 5.98. The lowest BCUT2D eigenvalue weighted by Crippen LogP contribution is -2.34. The van der Waals surface area contributed by atoms with Crippen LogP contribution in [0.3, 0.4) is 0 Å². The first-order chi connectivity index (χ1) is 21.4. The number of ether oxygens (including phenoxy) is 3. The zero-order chi connectivity index (χ0) is 32.2. The van der Waals surface area contributed by atoms with Crippen LogP contribution in [0.25, 0.3) is 10.9 Å². The first-order valence-electron chi connectivity index (χ1n) is 14.4. The van der Waals surface area contributed by atoms with E-state index >= 15 is 0 Å². The minimum absolute atomic E-state index is 0.0340. The summed E-state index contributed by atoms with van der Waals surface area (Å²) in [5.74, 6) is 2.37. The van der Waals surface area contributed by atoms with Crippen LogP contribution >= 0.6 is 11.6 Å². The number of fused-ring (bicyclic) bond motifs is 1. The Morgan fingerprint density at radius 2 is 1.78 bits per heavy atom. The molecule has 0 radical (unpaired) electrons. The third-order valence-corrected chi connectivity index (χ3v) is 9.38. The van der Waals surface area contributed by atoms with Crippen molar-refractivity contribution >= 4 is 38.2 Å². The van der Waals surface area contributed by atoms with Gasteiger partial charge in [0.1, 0.15) is 11.5 Å². The van der Waals surface area contributed by atoms with Crippen LogP contribution in [-0.2, 0) is 16.2 Å². The van der Waals surface area contributed by atoms with E-state index in [0.717, 1.165) is 44.1 Å². The van der Waals surface area contributed by atoms with E-state index in [4.69, 9.17) is 25.8 Å². The molecule has 240 valence electrons. The van der Waals surface area contributed by atoms with Crippen LogP contribution < -0.4 is 18.9 Å². The first-order valence-corrected chi connectivity index (χ1v) is 16.3. The van der Waals surface area contributed by atoms with E-state index in [1.807, 2.05) is 0 Å². The summed E-state index contributed by atoms with van der Waals surface area (Å²) < 4.78 is 86.4. The highest BCUT2D eigenvalue weighted by Crippen LogP contribution is 2.39. The number of pyridine rings is 1. The Labute approximate surface area is 265 Å². The summed E-state index contributed by atoms with van der Waals surface area (Å²) in [6.45, 7) is 5.99. The molecule has 1 aromatic heterocycles. The molecule has 8 nitrogen and oxygen atoms in total. The van der Waals surface area contributed by atoms with Crippen LogP contribution in [-0.4, -0.2) is 51.7 Å². The predicted octanol–water partition coefficient (Wildman–Crippen LogP) is 8.01. The average molecular weight is 664 g/mol. The molecule has 1 aliphatic heterocycles. The monoisotopic (exact) mass is 663 g/mol. The Kier molecular flexibility index (Phi) is 9.95. The molecule has 13 heteroatoms. The second-order valence-corrected chi connectivity index (χ2v) is 13.0. The van der Waals surface area contributed by atoms with Crippen LogP contribution in [0.15, 0.2) is 71.8 Å². The normalized spacial score (nSPS) is 14.8. The number of aromatic nitrogens is 1. The van der Waals surface area contributed by atoms with Gasteiger partial charge in [0.25, 0.3) is 10.0 Å². The number of halogens is 4. The van der Waals surface area contributed by atoms with Gasteiger partial charge in [-0.1, -0.05) is 30.7 Å². The quantitative estimate of drug-likeness (QED) is 0.163. The average Bonchev–Trinajstić information content (AvgIpc) is 3.01. The van der Waals surface area contributed by atoms with Crippen molar-refractivity contribution in [1.29, 1.82) is 0 Å². The standard InChI is InChI=1S/C32H33ClF3N3O5S/c1-21-11-15-39(16-12-21)14-5-17-43-30-20-26-23(19-29(30)42-2)28(10-13-37-26)44-22-8-9-25(33)27(18-22)38-45(40,41)31-7-4-3-6-24(31)32(34,35)36/h3-4,6-10,13,18-21,38H,5,11-12,14-17H2,1-2H3. The molecular formula is C32H33ClF3N3O5S. The number of benzene rings is 3. The van der Waals surface area contributed by atoms with E-state index < -0.39 is 26.7 Å². The largest absolute Gasteiger partial charge is 0.493 e. The fraction of sp³-hybridized carbons (Fsp3) is 0.344. The smallest absolute Gasteiger partial charge is 0.417 e. The molecule has 5 rings (SSSR count). The molecule has 1 fully saturated rings. The zero-order valence-corrected chi connectivity index (χ0v) is 26.3.